The number of rotatable bonds is 8. The fraction of sp³-hybridized carbons (Fsp3) is 0.562. The number of hydrogen-bond donors (Lipinski definition) is 1. The van der Waals surface area contributed by atoms with Gasteiger partial charge in [0.05, 0.1) is 17.6 Å². The number of aryl methyl sites for hydroxylation is 1. The molecule has 20 heavy (non-hydrogen) atoms. The number of ether oxygens (including phenoxy) is 1. The van der Waals surface area contributed by atoms with Crippen LogP contribution in [0.25, 0.3) is 11.0 Å². The maximum absolute atomic E-state index is 5.53. The van der Waals surface area contributed by atoms with Crippen molar-refractivity contribution in [1.29, 1.82) is 0 Å². The van der Waals surface area contributed by atoms with Crippen LogP contribution in [0.3, 0.4) is 0 Å². The summed E-state index contributed by atoms with van der Waals surface area (Å²) in [6, 6.07) is 8.67. The van der Waals surface area contributed by atoms with E-state index >= 15 is 0 Å². The monoisotopic (exact) mass is 275 g/mol. The Bertz CT molecular complexity index is 536. The summed E-state index contributed by atoms with van der Waals surface area (Å²) < 4.78 is 7.87. The number of para-hydroxylation sites is 2. The van der Waals surface area contributed by atoms with E-state index in [9.17, 15) is 0 Å². The molecule has 2 aromatic rings. The molecule has 4 nitrogen and oxygen atoms in total. The van der Waals surface area contributed by atoms with Crippen LogP contribution >= 0.6 is 0 Å². The van der Waals surface area contributed by atoms with Gasteiger partial charge in [-0.3, -0.25) is 0 Å². The van der Waals surface area contributed by atoms with Gasteiger partial charge >= 0.3 is 0 Å². The molecule has 1 aromatic heterocycles. The Balaban J connectivity index is 2.25. The fourth-order valence-electron chi connectivity index (χ4n) is 2.48. The molecule has 0 aliphatic heterocycles. The van der Waals surface area contributed by atoms with Crippen molar-refractivity contribution in [3.8, 4) is 0 Å². The summed E-state index contributed by atoms with van der Waals surface area (Å²) in [5.74, 6) is 1.15. The van der Waals surface area contributed by atoms with E-state index in [0.717, 1.165) is 43.9 Å². The van der Waals surface area contributed by atoms with Crippen molar-refractivity contribution < 1.29 is 4.74 Å². The van der Waals surface area contributed by atoms with Gasteiger partial charge in [-0.15, -0.1) is 0 Å². The number of fused-ring (bicyclic) bond motifs is 1. The van der Waals surface area contributed by atoms with Crippen molar-refractivity contribution in [2.24, 2.45) is 0 Å². The predicted molar refractivity (Wildman–Crippen MR) is 83.1 cm³/mol. The molecule has 2 rings (SSSR count). The lowest BCUT2D eigenvalue weighted by atomic mass is 10.2. The molecule has 1 unspecified atom stereocenters. The van der Waals surface area contributed by atoms with E-state index in [-0.39, 0.29) is 0 Å². The normalized spacial score (nSPS) is 12.9. The topological polar surface area (TPSA) is 39.1 Å². The summed E-state index contributed by atoms with van der Waals surface area (Å²) in [6.07, 6.45) is 2.01. The highest BCUT2D eigenvalue weighted by Crippen LogP contribution is 2.17. The number of hydrogen-bond acceptors (Lipinski definition) is 3. The summed E-state index contributed by atoms with van der Waals surface area (Å²) >= 11 is 0. The Hall–Kier alpha value is -1.39. The average Bonchev–Trinajstić information content (AvgIpc) is 2.82. The lowest BCUT2D eigenvalue weighted by Crippen LogP contribution is -2.33. The summed E-state index contributed by atoms with van der Waals surface area (Å²) in [7, 11) is 1.98. The summed E-state index contributed by atoms with van der Waals surface area (Å²) in [4.78, 5) is 4.79. The number of imidazole rings is 1. The van der Waals surface area contributed by atoms with Gasteiger partial charge in [0.15, 0.2) is 0 Å². The van der Waals surface area contributed by atoms with Gasteiger partial charge in [-0.05, 0) is 32.5 Å². The van der Waals surface area contributed by atoms with Crippen molar-refractivity contribution in [2.75, 3.05) is 20.3 Å². The highest BCUT2D eigenvalue weighted by molar-refractivity contribution is 5.75. The van der Waals surface area contributed by atoms with E-state index in [4.69, 9.17) is 9.72 Å². The first-order valence-corrected chi connectivity index (χ1v) is 7.49. The van der Waals surface area contributed by atoms with Crippen LogP contribution in [-0.4, -0.2) is 35.9 Å². The zero-order chi connectivity index (χ0) is 14.4. The molecule has 1 heterocycles. The standard InChI is InChI=1S/C16H25N3O/c1-4-10-19-15-9-7-6-8-14(15)18-16(19)11-13(17-3)12-20-5-2/h6-9,13,17H,4-5,10-12H2,1-3H3. The third kappa shape index (κ3) is 3.38. The van der Waals surface area contributed by atoms with Crippen LogP contribution in [0.15, 0.2) is 24.3 Å². The van der Waals surface area contributed by atoms with E-state index in [1.165, 1.54) is 5.52 Å². The van der Waals surface area contributed by atoms with Gasteiger partial charge in [0.1, 0.15) is 5.82 Å². The number of nitrogens with one attached hydrogen (secondary N) is 1. The van der Waals surface area contributed by atoms with E-state index < -0.39 is 0 Å². The molecule has 0 fully saturated rings. The zero-order valence-electron chi connectivity index (χ0n) is 12.7. The Morgan fingerprint density at radius 2 is 2.10 bits per heavy atom. The molecule has 0 spiro atoms. The first kappa shape index (κ1) is 15.0. The summed E-state index contributed by atoms with van der Waals surface area (Å²) in [6.45, 7) is 6.72. The Labute approximate surface area is 121 Å². The van der Waals surface area contributed by atoms with Crippen molar-refractivity contribution in [3.05, 3.63) is 30.1 Å². The molecule has 0 saturated heterocycles. The van der Waals surface area contributed by atoms with Crippen LogP contribution in [0.4, 0.5) is 0 Å². The van der Waals surface area contributed by atoms with E-state index in [0.29, 0.717) is 6.04 Å². The highest BCUT2D eigenvalue weighted by Gasteiger charge is 2.14. The SMILES string of the molecule is CCCn1c(CC(COCC)NC)nc2ccccc21. The van der Waals surface area contributed by atoms with Crippen LogP contribution in [0.1, 0.15) is 26.1 Å². The molecule has 4 heteroatoms. The van der Waals surface area contributed by atoms with E-state index in [1.807, 2.05) is 20.0 Å². The zero-order valence-corrected chi connectivity index (χ0v) is 12.7. The van der Waals surface area contributed by atoms with Crippen LogP contribution < -0.4 is 5.32 Å². The van der Waals surface area contributed by atoms with Crippen molar-refractivity contribution in [3.63, 3.8) is 0 Å². The Morgan fingerprint density at radius 1 is 1.30 bits per heavy atom. The van der Waals surface area contributed by atoms with Crippen molar-refractivity contribution in [1.82, 2.24) is 14.9 Å². The second-order valence-corrected chi connectivity index (χ2v) is 5.02. The maximum Gasteiger partial charge on any atom is 0.111 e. The van der Waals surface area contributed by atoms with Crippen LogP contribution in [-0.2, 0) is 17.7 Å². The quantitative estimate of drug-likeness (QED) is 0.805. The molecule has 0 saturated carbocycles. The first-order chi connectivity index (χ1) is 9.80. The summed E-state index contributed by atoms with van der Waals surface area (Å²) in [5.41, 5.74) is 2.32. The highest BCUT2D eigenvalue weighted by atomic mass is 16.5. The molecule has 1 N–H and O–H groups in total. The largest absolute Gasteiger partial charge is 0.380 e. The second-order valence-electron chi connectivity index (χ2n) is 5.02. The minimum Gasteiger partial charge on any atom is -0.380 e. The van der Waals surface area contributed by atoms with E-state index in [1.54, 1.807) is 0 Å². The van der Waals surface area contributed by atoms with Gasteiger partial charge in [0, 0.05) is 25.6 Å². The van der Waals surface area contributed by atoms with Crippen LogP contribution in [0.5, 0.6) is 0 Å². The second kappa shape index (κ2) is 7.41. The lowest BCUT2D eigenvalue weighted by molar-refractivity contribution is 0.124. The maximum atomic E-state index is 5.53. The number of nitrogens with zero attached hydrogens (tertiary/aromatic N) is 2. The Morgan fingerprint density at radius 3 is 2.80 bits per heavy atom. The Kier molecular flexibility index (Phi) is 5.56. The van der Waals surface area contributed by atoms with Gasteiger partial charge in [-0.1, -0.05) is 19.1 Å². The third-order valence-electron chi connectivity index (χ3n) is 3.54. The van der Waals surface area contributed by atoms with Gasteiger partial charge < -0.3 is 14.6 Å². The first-order valence-electron chi connectivity index (χ1n) is 7.49. The minimum atomic E-state index is 0.308. The number of benzene rings is 1. The smallest absolute Gasteiger partial charge is 0.111 e. The molecular formula is C16H25N3O. The van der Waals surface area contributed by atoms with Crippen LogP contribution in [0, 0.1) is 0 Å². The van der Waals surface area contributed by atoms with E-state index in [2.05, 4.69) is 35.0 Å². The van der Waals surface area contributed by atoms with Gasteiger partial charge in [-0.25, -0.2) is 4.98 Å². The van der Waals surface area contributed by atoms with Gasteiger partial charge in [-0.2, -0.15) is 0 Å². The molecular weight excluding hydrogens is 250 g/mol. The third-order valence-corrected chi connectivity index (χ3v) is 3.54. The van der Waals surface area contributed by atoms with Crippen molar-refractivity contribution >= 4 is 11.0 Å². The number of aromatic nitrogens is 2. The van der Waals surface area contributed by atoms with Crippen LogP contribution in [0.2, 0.25) is 0 Å². The predicted octanol–water partition coefficient (Wildman–Crippen LogP) is 2.61. The minimum absolute atomic E-state index is 0.308. The molecule has 0 amide bonds. The van der Waals surface area contributed by atoms with Gasteiger partial charge in [0.25, 0.3) is 0 Å². The molecule has 1 atom stereocenters. The average molecular weight is 275 g/mol. The van der Waals surface area contributed by atoms with Gasteiger partial charge in [0.2, 0.25) is 0 Å². The lowest BCUT2D eigenvalue weighted by Gasteiger charge is -2.16. The molecule has 0 radical (unpaired) electrons. The molecule has 0 bridgehead atoms. The van der Waals surface area contributed by atoms with Crippen molar-refractivity contribution in [2.45, 2.75) is 39.3 Å². The molecule has 0 aliphatic rings. The number of likely N-dealkylation sites (N-methyl/N-ethyl adjacent to an activating group) is 1. The molecule has 1 aromatic carbocycles. The molecule has 110 valence electrons. The fourth-order valence-corrected chi connectivity index (χ4v) is 2.48. The molecule has 0 aliphatic carbocycles. The summed E-state index contributed by atoms with van der Waals surface area (Å²) in [5, 5.41) is 3.32.